The van der Waals surface area contributed by atoms with Gasteiger partial charge in [-0.15, -0.1) is 0 Å². The summed E-state index contributed by atoms with van der Waals surface area (Å²) in [6.07, 6.45) is 2.15. The molecule has 14 heavy (non-hydrogen) atoms. The average molecular weight is 193 g/mol. The molecule has 1 aromatic heterocycles. The lowest BCUT2D eigenvalue weighted by molar-refractivity contribution is 0.266. The van der Waals surface area contributed by atoms with E-state index >= 15 is 0 Å². The molecule has 1 unspecified atom stereocenters. The molecule has 1 fully saturated rings. The van der Waals surface area contributed by atoms with E-state index in [2.05, 4.69) is 9.88 Å². The molecule has 0 bridgehead atoms. The Morgan fingerprint density at radius 1 is 1.57 bits per heavy atom. The second kappa shape index (κ2) is 3.84. The van der Waals surface area contributed by atoms with Gasteiger partial charge in [-0.05, 0) is 25.0 Å². The molecule has 4 nitrogen and oxygen atoms in total. The Morgan fingerprint density at radius 2 is 2.43 bits per heavy atom. The number of aromatic nitrogens is 1. The Hall–Kier alpha value is -1.29. The van der Waals surface area contributed by atoms with Crippen LogP contribution in [0.4, 0.5) is 11.6 Å². The maximum absolute atomic E-state index is 9.17. The number of hydrogen-bond acceptors (Lipinski definition) is 4. The van der Waals surface area contributed by atoms with E-state index in [0.29, 0.717) is 5.82 Å². The first kappa shape index (κ1) is 9.27. The van der Waals surface area contributed by atoms with Crippen LogP contribution in [0.2, 0.25) is 0 Å². The van der Waals surface area contributed by atoms with E-state index in [0.717, 1.165) is 25.2 Å². The minimum Gasteiger partial charge on any atom is -0.394 e. The number of pyridine rings is 1. The van der Waals surface area contributed by atoms with Gasteiger partial charge in [0.25, 0.3) is 0 Å². The fourth-order valence-electron chi connectivity index (χ4n) is 1.93. The van der Waals surface area contributed by atoms with Gasteiger partial charge in [0.15, 0.2) is 0 Å². The van der Waals surface area contributed by atoms with E-state index in [1.807, 2.05) is 12.1 Å². The number of anilines is 2. The van der Waals surface area contributed by atoms with Crippen molar-refractivity contribution >= 4 is 11.6 Å². The lowest BCUT2D eigenvalue weighted by Crippen LogP contribution is -2.32. The van der Waals surface area contributed by atoms with Crippen LogP contribution < -0.4 is 10.6 Å². The van der Waals surface area contributed by atoms with Crippen LogP contribution in [-0.2, 0) is 0 Å². The first-order chi connectivity index (χ1) is 6.81. The van der Waals surface area contributed by atoms with E-state index in [-0.39, 0.29) is 12.6 Å². The van der Waals surface area contributed by atoms with E-state index < -0.39 is 0 Å². The van der Waals surface area contributed by atoms with Crippen LogP contribution in [0, 0.1) is 0 Å². The first-order valence-electron chi connectivity index (χ1n) is 4.91. The molecule has 1 atom stereocenters. The summed E-state index contributed by atoms with van der Waals surface area (Å²) in [4.78, 5) is 6.37. The van der Waals surface area contributed by atoms with Gasteiger partial charge in [-0.1, -0.05) is 6.07 Å². The van der Waals surface area contributed by atoms with Crippen molar-refractivity contribution < 1.29 is 5.11 Å². The van der Waals surface area contributed by atoms with Gasteiger partial charge in [0.2, 0.25) is 0 Å². The van der Waals surface area contributed by atoms with Crippen LogP contribution in [0.3, 0.4) is 0 Å². The van der Waals surface area contributed by atoms with Crippen LogP contribution in [0.25, 0.3) is 0 Å². The van der Waals surface area contributed by atoms with Crippen LogP contribution >= 0.6 is 0 Å². The highest BCUT2D eigenvalue weighted by atomic mass is 16.3. The second-order valence-electron chi connectivity index (χ2n) is 3.59. The van der Waals surface area contributed by atoms with Gasteiger partial charge in [-0.2, -0.15) is 0 Å². The molecule has 0 radical (unpaired) electrons. The van der Waals surface area contributed by atoms with Gasteiger partial charge >= 0.3 is 0 Å². The molecule has 1 aliphatic heterocycles. The Labute approximate surface area is 83.4 Å². The summed E-state index contributed by atoms with van der Waals surface area (Å²) in [6, 6.07) is 5.81. The third-order valence-corrected chi connectivity index (χ3v) is 2.64. The first-order valence-corrected chi connectivity index (χ1v) is 4.91. The monoisotopic (exact) mass is 193 g/mol. The number of aliphatic hydroxyl groups is 1. The molecule has 3 N–H and O–H groups in total. The quantitative estimate of drug-likeness (QED) is 0.723. The van der Waals surface area contributed by atoms with Crippen LogP contribution in [0.1, 0.15) is 12.8 Å². The van der Waals surface area contributed by atoms with Crippen LogP contribution in [0.15, 0.2) is 18.2 Å². The van der Waals surface area contributed by atoms with Crippen molar-refractivity contribution in [2.24, 2.45) is 0 Å². The van der Waals surface area contributed by atoms with E-state index in [4.69, 9.17) is 10.8 Å². The van der Waals surface area contributed by atoms with Gasteiger partial charge in [-0.3, -0.25) is 0 Å². The van der Waals surface area contributed by atoms with Crippen molar-refractivity contribution in [3.63, 3.8) is 0 Å². The molecule has 76 valence electrons. The van der Waals surface area contributed by atoms with Crippen LogP contribution in [-0.4, -0.2) is 29.3 Å². The number of aliphatic hydroxyl groups excluding tert-OH is 1. The summed E-state index contributed by atoms with van der Waals surface area (Å²) >= 11 is 0. The largest absolute Gasteiger partial charge is 0.394 e. The summed E-state index contributed by atoms with van der Waals surface area (Å²) in [5.74, 6) is 1.41. The maximum Gasteiger partial charge on any atom is 0.131 e. The van der Waals surface area contributed by atoms with Gasteiger partial charge < -0.3 is 15.7 Å². The molecule has 0 saturated carbocycles. The molecular formula is C10H15N3O. The molecule has 0 aliphatic carbocycles. The maximum atomic E-state index is 9.17. The molecule has 2 heterocycles. The topological polar surface area (TPSA) is 62.4 Å². The van der Waals surface area contributed by atoms with Crippen LogP contribution in [0.5, 0.6) is 0 Å². The molecule has 0 aromatic carbocycles. The lowest BCUT2D eigenvalue weighted by atomic mass is 10.2. The number of nitrogen functional groups attached to an aromatic ring is 1. The fourth-order valence-corrected chi connectivity index (χ4v) is 1.93. The Bertz CT molecular complexity index is 316. The summed E-state index contributed by atoms with van der Waals surface area (Å²) in [7, 11) is 0. The van der Waals surface area contributed by atoms with E-state index in [1.165, 1.54) is 0 Å². The third-order valence-electron chi connectivity index (χ3n) is 2.64. The molecule has 2 rings (SSSR count). The van der Waals surface area contributed by atoms with Gasteiger partial charge in [0, 0.05) is 6.54 Å². The zero-order valence-electron chi connectivity index (χ0n) is 8.06. The van der Waals surface area contributed by atoms with Crippen molar-refractivity contribution in [2.75, 3.05) is 23.8 Å². The highest BCUT2D eigenvalue weighted by molar-refractivity contribution is 5.46. The van der Waals surface area contributed by atoms with Crippen molar-refractivity contribution in [3.8, 4) is 0 Å². The zero-order valence-corrected chi connectivity index (χ0v) is 8.06. The predicted molar refractivity (Wildman–Crippen MR) is 56.1 cm³/mol. The molecule has 0 spiro atoms. The molecule has 1 aromatic rings. The fraction of sp³-hybridized carbons (Fsp3) is 0.500. The van der Waals surface area contributed by atoms with Crippen molar-refractivity contribution in [1.82, 2.24) is 4.98 Å². The molecule has 4 heteroatoms. The minimum absolute atomic E-state index is 0.191. The van der Waals surface area contributed by atoms with Crippen molar-refractivity contribution in [2.45, 2.75) is 18.9 Å². The Morgan fingerprint density at radius 3 is 3.14 bits per heavy atom. The SMILES string of the molecule is Nc1cccc(N2CCCC2CO)n1. The third kappa shape index (κ3) is 1.65. The number of nitrogens with zero attached hydrogens (tertiary/aromatic N) is 2. The Balaban J connectivity index is 2.21. The second-order valence-corrected chi connectivity index (χ2v) is 3.59. The molecule has 1 saturated heterocycles. The van der Waals surface area contributed by atoms with Gasteiger partial charge in [0.05, 0.1) is 12.6 Å². The normalized spacial score (nSPS) is 21.5. The lowest BCUT2D eigenvalue weighted by Gasteiger charge is -2.23. The van der Waals surface area contributed by atoms with E-state index in [1.54, 1.807) is 6.07 Å². The minimum atomic E-state index is 0.191. The highest BCUT2D eigenvalue weighted by Crippen LogP contribution is 2.23. The molecular weight excluding hydrogens is 178 g/mol. The van der Waals surface area contributed by atoms with Crippen molar-refractivity contribution in [1.29, 1.82) is 0 Å². The molecule has 1 aliphatic rings. The summed E-state index contributed by atoms with van der Waals surface area (Å²) in [5, 5.41) is 9.17. The smallest absolute Gasteiger partial charge is 0.131 e. The number of hydrogen-bond donors (Lipinski definition) is 2. The van der Waals surface area contributed by atoms with Gasteiger partial charge in [-0.25, -0.2) is 4.98 Å². The Kier molecular flexibility index (Phi) is 2.54. The summed E-state index contributed by atoms with van der Waals surface area (Å²) < 4.78 is 0. The zero-order chi connectivity index (χ0) is 9.97. The predicted octanol–water partition coefficient (Wildman–Crippen LogP) is 0.625. The average Bonchev–Trinajstić information content (AvgIpc) is 2.65. The number of rotatable bonds is 2. The van der Waals surface area contributed by atoms with Crippen molar-refractivity contribution in [3.05, 3.63) is 18.2 Å². The van der Waals surface area contributed by atoms with Gasteiger partial charge in [0.1, 0.15) is 11.6 Å². The van der Waals surface area contributed by atoms with E-state index in [9.17, 15) is 0 Å². The highest BCUT2D eigenvalue weighted by Gasteiger charge is 2.24. The standard InChI is InChI=1S/C10H15N3O/c11-9-4-1-5-10(12-9)13-6-2-3-8(13)7-14/h1,4-5,8,14H,2-3,6-7H2,(H2,11,12). The number of nitrogens with two attached hydrogens (primary N) is 1. The molecule has 0 amide bonds. The summed E-state index contributed by atoms with van der Waals surface area (Å²) in [5.41, 5.74) is 5.61. The summed E-state index contributed by atoms with van der Waals surface area (Å²) in [6.45, 7) is 1.15.